The van der Waals surface area contributed by atoms with E-state index in [9.17, 15) is 26.4 Å². The van der Waals surface area contributed by atoms with Crippen molar-refractivity contribution in [2.24, 2.45) is 11.8 Å². The number of halogens is 4. The average molecular weight is 721 g/mol. The van der Waals surface area contributed by atoms with Crippen LogP contribution in [0.4, 0.5) is 28.0 Å². The van der Waals surface area contributed by atoms with Gasteiger partial charge in [-0.15, -0.1) is 0 Å². The molecule has 2 saturated carbocycles. The molecule has 3 saturated heterocycles. The summed E-state index contributed by atoms with van der Waals surface area (Å²) in [5.74, 6) is -2.88. The van der Waals surface area contributed by atoms with Crippen LogP contribution in [0, 0.1) is 17.7 Å². The molecule has 2 aromatic rings. The van der Waals surface area contributed by atoms with Gasteiger partial charge in [0.25, 0.3) is 5.92 Å². The van der Waals surface area contributed by atoms with Gasteiger partial charge in [0.05, 0.1) is 30.3 Å². The minimum Gasteiger partial charge on any atom is -0.453 e. The number of carbonyl (C=O) groups is 1. The molecule has 3 atom stereocenters. The van der Waals surface area contributed by atoms with Gasteiger partial charge in [-0.05, 0) is 112 Å². The third-order valence-corrected chi connectivity index (χ3v) is 14.4. The zero-order valence-corrected chi connectivity index (χ0v) is 29.5. The van der Waals surface area contributed by atoms with Crippen LogP contribution in [-0.2, 0) is 20.0 Å². The maximum Gasteiger partial charge on any atom is 0.407 e. The Morgan fingerprint density at radius 3 is 2.24 bits per heavy atom. The van der Waals surface area contributed by atoms with Crippen molar-refractivity contribution in [2.45, 2.75) is 84.6 Å². The van der Waals surface area contributed by atoms with Crippen LogP contribution in [0.5, 0.6) is 0 Å². The lowest BCUT2D eigenvalue weighted by Crippen LogP contribution is -2.65. The third-order valence-electron chi connectivity index (χ3n) is 12.3. The number of likely N-dealkylation sites (tertiary alicyclic amines) is 2. The number of piperidine rings is 1. The SMILES string of the molecule is COC(=O)N[C@H]1CCC[C@@H]1C(CN1CCC1)(c1cccc(F)c1)C1CCN(CC2(F)CN(c3ccc(S(=O)(=O)C4CC(F)(F)C4)cc3)C2)CC1. The van der Waals surface area contributed by atoms with Gasteiger partial charge in [0, 0.05) is 43.1 Å². The Labute approximate surface area is 292 Å². The molecule has 13 heteroatoms. The van der Waals surface area contributed by atoms with E-state index in [1.807, 2.05) is 4.90 Å². The van der Waals surface area contributed by atoms with Crippen LogP contribution in [0.1, 0.15) is 56.9 Å². The second kappa shape index (κ2) is 13.6. The van der Waals surface area contributed by atoms with E-state index in [-0.39, 0.29) is 48.2 Å². The van der Waals surface area contributed by atoms with E-state index >= 15 is 4.39 Å². The van der Waals surface area contributed by atoms with Crippen LogP contribution in [0.2, 0.25) is 0 Å². The number of alkyl halides is 3. The second-order valence-electron chi connectivity index (χ2n) is 15.4. The predicted octanol–water partition coefficient (Wildman–Crippen LogP) is 5.81. The number of ether oxygens (including phenoxy) is 1. The second-order valence-corrected chi connectivity index (χ2v) is 17.7. The smallest absolute Gasteiger partial charge is 0.407 e. The van der Waals surface area contributed by atoms with Crippen LogP contribution in [0.15, 0.2) is 53.4 Å². The maximum atomic E-state index is 16.1. The zero-order valence-electron chi connectivity index (χ0n) is 28.6. The summed E-state index contributed by atoms with van der Waals surface area (Å²) in [5.41, 5.74) is -0.135. The number of hydrogen-bond donors (Lipinski definition) is 1. The minimum atomic E-state index is -3.83. The first-order chi connectivity index (χ1) is 23.8. The summed E-state index contributed by atoms with van der Waals surface area (Å²) in [7, 11) is -2.45. The lowest BCUT2D eigenvalue weighted by Gasteiger charge is -2.54. The molecule has 2 aromatic carbocycles. The van der Waals surface area contributed by atoms with Gasteiger partial charge >= 0.3 is 6.09 Å². The van der Waals surface area contributed by atoms with Crippen molar-refractivity contribution in [3.8, 4) is 0 Å². The summed E-state index contributed by atoms with van der Waals surface area (Å²) in [6.45, 7) is 4.85. The number of nitrogens with one attached hydrogen (secondary N) is 1. The van der Waals surface area contributed by atoms with E-state index in [1.165, 1.54) is 25.3 Å². The Balaban J connectivity index is 1.02. The largest absolute Gasteiger partial charge is 0.453 e. The molecule has 0 radical (unpaired) electrons. The number of rotatable bonds is 11. The van der Waals surface area contributed by atoms with E-state index in [0.717, 1.165) is 63.7 Å². The van der Waals surface area contributed by atoms with Gasteiger partial charge in [-0.25, -0.2) is 30.8 Å². The molecule has 50 heavy (non-hydrogen) atoms. The molecule has 0 spiro atoms. The van der Waals surface area contributed by atoms with Crippen molar-refractivity contribution in [3.05, 3.63) is 59.9 Å². The van der Waals surface area contributed by atoms with Crippen LogP contribution in [0.25, 0.3) is 0 Å². The number of nitrogens with zero attached hydrogens (tertiary/aromatic N) is 3. The van der Waals surface area contributed by atoms with Gasteiger partial charge in [0.2, 0.25) is 0 Å². The van der Waals surface area contributed by atoms with Crippen molar-refractivity contribution < 1.29 is 35.5 Å². The standard InChI is InChI=1S/C37H48F4N4O4S/c1-49-34(46)42-33-8-3-7-32(33)37(25-43-15-4-16-43,27-5-2-6-28(38)19-27)26-13-17-44(18-14-26)22-35(39)23-45(24-35)29-9-11-30(12-10-29)50(47,48)31-20-36(40,41)21-31/h2,5-6,9-12,19,26,31-33H,3-4,7-8,13-18,20-25H2,1H3,(H,42,46)/t32-,33-,37?/m0/s1. The van der Waals surface area contributed by atoms with Crippen LogP contribution < -0.4 is 10.2 Å². The molecule has 5 aliphatic rings. The number of hydrogen-bond acceptors (Lipinski definition) is 7. The number of alkyl carbamates (subject to hydrolysis) is 1. The molecule has 3 aliphatic heterocycles. The predicted molar refractivity (Wildman–Crippen MR) is 183 cm³/mol. The van der Waals surface area contributed by atoms with Crippen molar-refractivity contribution in [3.63, 3.8) is 0 Å². The highest BCUT2D eigenvalue weighted by molar-refractivity contribution is 7.92. The molecule has 0 aromatic heterocycles. The first kappa shape index (κ1) is 35.5. The molecule has 7 rings (SSSR count). The quantitative estimate of drug-likeness (QED) is 0.294. The molecule has 1 unspecified atom stereocenters. The van der Waals surface area contributed by atoms with Gasteiger partial charge in [0.15, 0.2) is 15.5 Å². The molecule has 2 aliphatic carbocycles. The first-order valence-electron chi connectivity index (χ1n) is 18.0. The fraction of sp³-hybridized carbons (Fsp3) is 0.649. The molecule has 3 heterocycles. The number of amides is 1. The monoisotopic (exact) mass is 720 g/mol. The van der Waals surface area contributed by atoms with Gasteiger partial charge in [0.1, 0.15) is 5.82 Å². The first-order valence-corrected chi connectivity index (χ1v) is 19.6. The highest BCUT2D eigenvalue weighted by Crippen LogP contribution is 2.52. The van der Waals surface area contributed by atoms with Crippen molar-refractivity contribution in [2.75, 3.05) is 64.4 Å². The summed E-state index contributed by atoms with van der Waals surface area (Å²) < 4.78 is 88.1. The molecule has 0 bridgehead atoms. The number of anilines is 1. The molecule has 8 nitrogen and oxygen atoms in total. The third kappa shape index (κ3) is 6.86. The summed E-state index contributed by atoms with van der Waals surface area (Å²) in [6.07, 6.45) is 3.77. The Kier molecular flexibility index (Phi) is 9.64. The fourth-order valence-electron chi connectivity index (χ4n) is 9.53. The Bertz CT molecular complexity index is 1640. The van der Waals surface area contributed by atoms with Gasteiger partial charge in [-0.1, -0.05) is 18.6 Å². The van der Waals surface area contributed by atoms with E-state index < -0.39 is 51.0 Å². The van der Waals surface area contributed by atoms with Crippen LogP contribution >= 0.6 is 0 Å². The minimum absolute atomic E-state index is 0.0186. The number of sulfone groups is 1. The summed E-state index contributed by atoms with van der Waals surface area (Å²) in [5, 5.41) is 2.05. The van der Waals surface area contributed by atoms with E-state index in [2.05, 4.69) is 21.2 Å². The normalized spacial score (nSPS) is 27.1. The van der Waals surface area contributed by atoms with Crippen LogP contribution in [0.3, 0.4) is 0 Å². The lowest BCUT2D eigenvalue weighted by molar-refractivity contribution is -0.0685. The number of benzene rings is 2. The van der Waals surface area contributed by atoms with Gasteiger partial charge in [-0.2, -0.15) is 0 Å². The summed E-state index contributed by atoms with van der Waals surface area (Å²) in [4.78, 5) is 19.0. The Morgan fingerprint density at radius 2 is 1.64 bits per heavy atom. The number of methoxy groups -OCH3 is 1. The molecule has 5 fully saturated rings. The van der Waals surface area contributed by atoms with E-state index in [4.69, 9.17) is 4.74 Å². The Morgan fingerprint density at radius 1 is 0.940 bits per heavy atom. The average Bonchev–Trinajstić information content (AvgIpc) is 3.51. The molecule has 1 amide bonds. The van der Waals surface area contributed by atoms with Gasteiger partial charge < -0.3 is 19.9 Å². The molecule has 274 valence electrons. The van der Waals surface area contributed by atoms with E-state index in [0.29, 0.717) is 18.8 Å². The highest BCUT2D eigenvalue weighted by atomic mass is 32.2. The highest BCUT2D eigenvalue weighted by Gasteiger charge is 2.54. The topological polar surface area (TPSA) is 82.2 Å². The van der Waals surface area contributed by atoms with Crippen molar-refractivity contribution >= 4 is 21.6 Å². The maximum absolute atomic E-state index is 16.1. The Hall–Kier alpha value is -2.90. The zero-order chi connectivity index (χ0) is 35.3. The number of carbonyl (C=O) groups excluding carboxylic acids is 1. The van der Waals surface area contributed by atoms with Crippen molar-refractivity contribution in [1.29, 1.82) is 0 Å². The summed E-state index contributed by atoms with van der Waals surface area (Å²) in [6, 6.07) is 13.1. The summed E-state index contributed by atoms with van der Waals surface area (Å²) >= 11 is 0. The lowest BCUT2D eigenvalue weighted by atomic mass is 9.57. The van der Waals surface area contributed by atoms with E-state index in [1.54, 1.807) is 24.3 Å². The van der Waals surface area contributed by atoms with Crippen LogP contribution in [-0.4, -0.2) is 107 Å². The molecule has 1 N–H and O–H groups in total. The fourth-order valence-corrected chi connectivity index (χ4v) is 11.4. The van der Waals surface area contributed by atoms with Gasteiger partial charge in [-0.3, -0.25) is 4.90 Å². The molecular formula is C37H48F4N4O4S. The van der Waals surface area contributed by atoms with Crippen molar-refractivity contribution in [1.82, 2.24) is 15.1 Å². The molecular weight excluding hydrogens is 672 g/mol.